The minimum Gasteiger partial charge on any atom is -0.445 e. The predicted molar refractivity (Wildman–Crippen MR) is 70.6 cm³/mol. The van der Waals surface area contributed by atoms with Crippen molar-refractivity contribution in [3.63, 3.8) is 0 Å². The van der Waals surface area contributed by atoms with Gasteiger partial charge in [-0.25, -0.2) is 4.79 Å². The van der Waals surface area contributed by atoms with Crippen molar-refractivity contribution >= 4 is 6.09 Å². The second-order valence-electron chi connectivity index (χ2n) is 4.53. The van der Waals surface area contributed by atoms with E-state index in [4.69, 9.17) is 9.84 Å². The van der Waals surface area contributed by atoms with Crippen LogP contribution in [-0.4, -0.2) is 41.5 Å². The number of amides is 1. The quantitative estimate of drug-likeness (QED) is 0.879. The molecule has 0 spiro atoms. The average molecular weight is 305 g/mol. The molecule has 118 valence electrons. The first-order valence-electron chi connectivity index (χ1n) is 6.52. The lowest BCUT2D eigenvalue weighted by Gasteiger charge is -2.29. The lowest BCUT2D eigenvalue weighted by atomic mass is 10.2. The van der Waals surface area contributed by atoms with E-state index in [1.807, 2.05) is 0 Å². The van der Waals surface area contributed by atoms with Gasteiger partial charge in [-0.15, -0.1) is 0 Å². The summed E-state index contributed by atoms with van der Waals surface area (Å²) in [6.07, 6.45) is -5.43. The third kappa shape index (κ3) is 6.03. The van der Waals surface area contributed by atoms with Crippen molar-refractivity contribution in [1.82, 2.24) is 4.90 Å². The fourth-order valence-electron chi connectivity index (χ4n) is 1.79. The number of hydrogen-bond acceptors (Lipinski definition) is 3. The van der Waals surface area contributed by atoms with Crippen LogP contribution in [0.5, 0.6) is 0 Å². The lowest BCUT2D eigenvalue weighted by Crippen LogP contribution is -2.47. The minimum atomic E-state index is -4.55. The molecule has 0 heterocycles. The van der Waals surface area contributed by atoms with Gasteiger partial charge in [-0.1, -0.05) is 37.3 Å². The minimum absolute atomic E-state index is 0.115. The van der Waals surface area contributed by atoms with Crippen molar-refractivity contribution < 1.29 is 27.8 Å². The smallest absolute Gasteiger partial charge is 0.410 e. The van der Waals surface area contributed by atoms with Crippen LogP contribution in [0.1, 0.15) is 18.9 Å². The van der Waals surface area contributed by atoms with E-state index in [-0.39, 0.29) is 13.0 Å². The summed E-state index contributed by atoms with van der Waals surface area (Å²) in [4.78, 5) is 12.4. The van der Waals surface area contributed by atoms with Crippen molar-refractivity contribution in [2.24, 2.45) is 0 Å². The number of benzene rings is 1. The number of hydrogen-bond donors (Lipinski definition) is 1. The van der Waals surface area contributed by atoms with Gasteiger partial charge in [-0.2, -0.15) is 13.2 Å². The number of rotatable bonds is 6. The molecule has 0 radical (unpaired) electrons. The summed E-state index contributed by atoms with van der Waals surface area (Å²) in [5.74, 6) is 0. The largest absolute Gasteiger partial charge is 0.445 e. The van der Waals surface area contributed by atoms with Crippen LogP contribution >= 0.6 is 0 Å². The Morgan fingerprint density at radius 1 is 1.33 bits per heavy atom. The summed E-state index contributed by atoms with van der Waals surface area (Å²) in [6.45, 7) is -0.517. The maximum Gasteiger partial charge on any atom is 0.410 e. The molecule has 1 atom stereocenters. The Morgan fingerprint density at radius 2 is 1.95 bits per heavy atom. The fourth-order valence-corrected chi connectivity index (χ4v) is 1.79. The van der Waals surface area contributed by atoms with Crippen molar-refractivity contribution in [3.8, 4) is 0 Å². The summed E-state index contributed by atoms with van der Waals surface area (Å²) in [6, 6.07) is 7.73. The average Bonchev–Trinajstić information content (AvgIpc) is 2.45. The monoisotopic (exact) mass is 305 g/mol. The molecule has 0 aromatic heterocycles. The van der Waals surface area contributed by atoms with Crippen LogP contribution < -0.4 is 0 Å². The first-order chi connectivity index (χ1) is 9.87. The van der Waals surface area contributed by atoms with Gasteiger partial charge in [0.05, 0.1) is 12.6 Å². The molecule has 4 nitrogen and oxygen atoms in total. The van der Waals surface area contributed by atoms with Crippen molar-refractivity contribution in [3.05, 3.63) is 35.9 Å². The van der Waals surface area contributed by atoms with E-state index in [0.717, 1.165) is 0 Å². The Kier molecular flexibility index (Phi) is 6.48. The van der Waals surface area contributed by atoms with E-state index < -0.39 is 31.5 Å². The van der Waals surface area contributed by atoms with Gasteiger partial charge in [0.15, 0.2) is 0 Å². The Hall–Kier alpha value is -1.76. The van der Waals surface area contributed by atoms with Crippen LogP contribution in [0.2, 0.25) is 0 Å². The molecule has 0 aliphatic rings. The first kappa shape index (κ1) is 17.3. The van der Waals surface area contributed by atoms with Gasteiger partial charge in [0, 0.05) is 0 Å². The number of nitrogens with zero attached hydrogens (tertiary/aromatic N) is 1. The zero-order valence-electron chi connectivity index (χ0n) is 11.6. The van der Waals surface area contributed by atoms with Gasteiger partial charge in [-0.05, 0) is 12.0 Å². The summed E-state index contributed by atoms with van der Waals surface area (Å²) < 4.78 is 42.5. The maximum absolute atomic E-state index is 12.5. The highest BCUT2D eigenvalue weighted by Crippen LogP contribution is 2.20. The highest BCUT2D eigenvalue weighted by atomic mass is 19.4. The molecule has 0 fully saturated rings. The van der Waals surface area contributed by atoms with Crippen LogP contribution in [0.4, 0.5) is 18.0 Å². The molecule has 21 heavy (non-hydrogen) atoms. The molecule has 0 saturated heterocycles. The number of carbonyl (C=O) groups is 1. The molecular formula is C14H18F3NO3. The summed E-state index contributed by atoms with van der Waals surface area (Å²) in [7, 11) is 0. The highest BCUT2D eigenvalue weighted by molar-refractivity contribution is 5.68. The number of aliphatic hydroxyl groups is 1. The van der Waals surface area contributed by atoms with Gasteiger partial charge in [0.2, 0.25) is 0 Å². The van der Waals surface area contributed by atoms with Crippen molar-refractivity contribution in [2.75, 3.05) is 13.2 Å². The van der Waals surface area contributed by atoms with Crippen LogP contribution in [0, 0.1) is 0 Å². The van der Waals surface area contributed by atoms with Crippen molar-refractivity contribution in [1.29, 1.82) is 0 Å². The summed E-state index contributed by atoms with van der Waals surface area (Å²) in [5.41, 5.74) is 0.676. The third-order valence-electron chi connectivity index (χ3n) is 2.91. The van der Waals surface area contributed by atoms with E-state index in [9.17, 15) is 18.0 Å². The fraction of sp³-hybridized carbons (Fsp3) is 0.500. The molecule has 7 heteroatoms. The van der Waals surface area contributed by atoms with E-state index in [2.05, 4.69) is 0 Å². The van der Waals surface area contributed by atoms with E-state index in [1.54, 1.807) is 37.3 Å². The molecule has 0 saturated carbocycles. The highest BCUT2D eigenvalue weighted by Gasteiger charge is 2.36. The van der Waals surface area contributed by atoms with E-state index in [0.29, 0.717) is 10.5 Å². The predicted octanol–water partition coefficient (Wildman–Crippen LogP) is 2.96. The summed E-state index contributed by atoms with van der Waals surface area (Å²) >= 11 is 0. The molecule has 1 N–H and O–H groups in total. The first-order valence-corrected chi connectivity index (χ1v) is 6.52. The van der Waals surface area contributed by atoms with Gasteiger partial charge in [-0.3, -0.25) is 4.90 Å². The summed E-state index contributed by atoms with van der Waals surface area (Å²) in [5, 5.41) is 9.11. The number of ether oxygens (including phenoxy) is 1. The molecule has 0 aliphatic heterocycles. The van der Waals surface area contributed by atoms with Gasteiger partial charge < -0.3 is 9.84 Å². The zero-order chi connectivity index (χ0) is 15.9. The van der Waals surface area contributed by atoms with Crippen LogP contribution in [0.15, 0.2) is 30.3 Å². The number of alkyl halides is 3. The van der Waals surface area contributed by atoms with Crippen LogP contribution in [-0.2, 0) is 11.3 Å². The Labute approximate surface area is 121 Å². The molecule has 0 aliphatic carbocycles. The van der Waals surface area contributed by atoms with Crippen molar-refractivity contribution in [2.45, 2.75) is 32.2 Å². The molecule has 1 aromatic rings. The third-order valence-corrected chi connectivity index (χ3v) is 2.91. The number of carbonyl (C=O) groups excluding carboxylic acids is 1. The van der Waals surface area contributed by atoms with Crippen LogP contribution in [0.3, 0.4) is 0 Å². The normalized spacial score (nSPS) is 12.8. The Bertz CT molecular complexity index is 433. The van der Waals surface area contributed by atoms with Gasteiger partial charge in [0.1, 0.15) is 13.2 Å². The van der Waals surface area contributed by atoms with Gasteiger partial charge >= 0.3 is 12.3 Å². The van der Waals surface area contributed by atoms with Gasteiger partial charge in [0.25, 0.3) is 0 Å². The molecule has 1 unspecified atom stereocenters. The van der Waals surface area contributed by atoms with E-state index in [1.165, 1.54) is 0 Å². The Morgan fingerprint density at radius 3 is 2.43 bits per heavy atom. The topological polar surface area (TPSA) is 49.8 Å². The molecule has 1 amide bonds. The van der Waals surface area contributed by atoms with E-state index >= 15 is 0 Å². The van der Waals surface area contributed by atoms with Crippen LogP contribution in [0.25, 0.3) is 0 Å². The molecule has 0 bridgehead atoms. The standard InChI is InChI=1S/C14H18F3NO3/c1-2-12(8-19)18(10-14(15,16)17)13(20)21-9-11-6-4-3-5-7-11/h3-7,12,19H,2,8-10H2,1H3. The Balaban J connectivity index is 2.70. The second-order valence-corrected chi connectivity index (χ2v) is 4.53. The second kappa shape index (κ2) is 7.87. The molecule has 1 rings (SSSR count). The zero-order valence-corrected chi connectivity index (χ0v) is 11.6. The number of halogens is 3. The maximum atomic E-state index is 12.5. The molecular weight excluding hydrogens is 287 g/mol. The molecule has 1 aromatic carbocycles. The lowest BCUT2D eigenvalue weighted by molar-refractivity contribution is -0.148. The number of aliphatic hydroxyl groups excluding tert-OH is 1. The SMILES string of the molecule is CCC(CO)N(CC(F)(F)F)C(=O)OCc1ccccc1.